The maximum Gasteiger partial charge on any atom is 0.106 e. The van der Waals surface area contributed by atoms with Crippen LogP contribution in [0.1, 0.15) is 44.2 Å². The van der Waals surface area contributed by atoms with E-state index in [1.807, 2.05) is 26.8 Å². The van der Waals surface area contributed by atoms with E-state index < -0.39 is 0 Å². The Labute approximate surface area is 128 Å². The smallest absolute Gasteiger partial charge is 0.106 e. The molecule has 1 aromatic heterocycles. The van der Waals surface area contributed by atoms with Gasteiger partial charge in [-0.05, 0) is 62.9 Å². The number of rotatable bonds is 2. The van der Waals surface area contributed by atoms with Crippen LogP contribution in [-0.2, 0) is 0 Å². The van der Waals surface area contributed by atoms with Crippen LogP contribution >= 0.6 is 27.5 Å². The summed E-state index contributed by atoms with van der Waals surface area (Å²) >= 11 is 9.99. The van der Waals surface area contributed by atoms with E-state index in [0.29, 0.717) is 0 Å². The number of halogens is 2. The molecule has 1 aromatic carbocycles. The molecule has 2 aromatic rings. The van der Waals surface area contributed by atoms with Gasteiger partial charge in [-0.3, -0.25) is 0 Å². The molecule has 0 N–H and O–H groups in total. The highest BCUT2D eigenvalue weighted by Crippen LogP contribution is 2.39. The molecule has 0 aliphatic carbocycles. The third kappa shape index (κ3) is 2.61. The molecule has 0 amide bonds. The van der Waals surface area contributed by atoms with Crippen LogP contribution in [-0.4, -0.2) is 0 Å². The van der Waals surface area contributed by atoms with E-state index in [1.54, 1.807) is 0 Å². The summed E-state index contributed by atoms with van der Waals surface area (Å²) in [6.45, 7) is 10.2. The van der Waals surface area contributed by atoms with Crippen LogP contribution in [0.5, 0.6) is 0 Å². The molecule has 0 aliphatic rings. The van der Waals surface area contributed by atoms with E-state index in [-0.39, 0.29) is 4.83 Å². The number of alkyl halides is 1. The van der Waals surface area contributed by atoms with E-state index >= 15 is 0 Å². The minimum atomic E-state index is 0.140. The Morgan fingerprint density at radius 2 is 1.63 bits per heavy atom. The second kappa shape index (κ2) is 5.34. The van der Waals surface area contributed by atoms with Crippen molar-refractivity contribution in [3.8, 4) is 0 Å². The lowest BCUT2D eigenvalue weighted by Gasteiger charge is -2.15. The minimum absolute atomic E-state index is 0.140. The molecule has 0 aliphatic heterocycles. The van der Waals surface area contributed by atoms with Gasteiger partial charge in [0.1, 0.15) is 11.5 Å². The van der Waals surface area contributed by atoms with Gasteiger partial charge in [0.05, 0.1) is 4.83 Å². The van der Waals surface area contributed by atoms with Crippen molar-refractivity contribution in [3.63, 3.8) is 0 Å². The van der Waals surface area contributed by atoms with Crippen molar-refractivity contribution in [1.82, 2.24) is 0 Å². The van der Waals surface area contributed by atoms with Gasteiger partial charge in [-0.15, -0.1) is 0 Å². The van der Waals surface area contributed by atoms with Crippen molar-refractivity contribution in [1.29, 1.82) is 0 Å². The molecule has 1 nitrogen and oxygen atoms in total. The van der Waals surface area contributed by atoms with Crippen molar-refractivity contribution in [2.24, 2.45) is 0 Å². The van der Waals surface area contributed by atoms with Gasteiger partial charge in [-0.2, -0.15) is 0 Å². The molecule has 1 atom stereocenters. The standard InChI is InChI=1S/C16H18BrClO/c1-8-7-14(18)9(2)6-13(8)16(17)15-10(3)11(4)19-12(15)5/h6-7,16H,1-5H3. The van der Waals surface area contributed by atoms with Crippen LogP contribution in [0.2, 0.25) is 5.02 Å². The van der Waals surface area contributed by atoms with Crippen LogP contribution in [0.3, 0.4) is 0 Å². The summed E-state index contributed by atoms with van der Waals surface area (Å²) in [6, 6.07) is 4.18. The van der Waals surface area contributed by atoms with Crippen molar-refractivity contribution in [2.75, 3.05) is 0 Å². The molecular formula is C16H18BrClO. The highest BCUT2D eigenvalue weighted by molar-refractivity contribution is 9.09. The third-order valence-corrected chi connectivity index (χ3v) is 5.05. The zero-order valence-corrected chi connectivity index (χ0v) is 14.2. The van der Waals surface area contributed by atoms with E-state index in [2.05, 4.69) is 35.8 Å². The fourth-order valence-corrected chi connectivity index (χ4v) is 3.79. The third-order valence-electron chi connectivity index (χ3n) is 3.69. The molecular weight excluding hydrogens is 324 g/mol. The van der Waals surface area contributed by atoms with Gasteiger partial charge in [-0.25, -0.2) is 0 Å². The molecule has 0 bridgehead atoms. The van der Waals surface area contributed by atoms with Crippen LogP contribution in [0.4, 0.5) is 0 Å². The molecule has 102 valence electrons. The Morgan fingerprint density at radius 1 is 1.00 bits per heavy atom. The van der Waals surface area contributed by atoms with Gasteiger partial charge in [-0.1, -0.05) is 33.6 Å². The SMILES string of the molecule is Cc1cc(C(Br)c2c(C)oc(C)c2C)c(C)cc1Cl. The van der Waals surface area contributed by atoms with Crippen LogP contribution in [0.25, 0.3) is 0 Å². The van der Waals surface area contributed by atoms with Gasteiger partial charge in [0.2, 0.25) is 0 Å². The van der Waals surface area contributed by atoms with Crippen molar-refractivity contribution in [3.05, 3.63) is 56.5 Å². The Bertz CT molecular complexity index is 628. The predicted molar refractivity (Wildman–Crippen MR) is 84.6 cm³/mol. The molecule has 0 saturated heterocycles. The number of aryl methyl sites for hydroxylation is 4. The first-order valence-electron chi connectivity index (χ1n) is 6.30. The second-order valence-corrected chi connectivity index (χ2v) is 6.40. The number of furan rings is 1. The number of hydrogen-bond acceptors (Lipinski definition) is 1. The molecule has 1 heterocycles. The molecule has 3 heteroatoms. The zero-order chi connectivity index (χ0) is 14.3. The highest BCUT2D eigenvalue weighted by Gasteiger charge is 2.22. The minimum Gasteiger partial charge on any atom is -0.466 e. The molecule has 0 spiro atoms. The number of hydrogen-bond donors (Lipinski definition) is 0. The molecule has 1 unspecified atom stereocenters. The Morgan fingerprint density at radius 3 is 2.16 bits per heavy atom. The quantitative estimate of drug-likeness (QED) is 0.614. The largest absolute Gasteiger partial charge is 0.466 e. The Hall–Kier alpha value is -0.730. The topological polar surface area (TPSA) is 13.1 Å². The zero-order valence-electron chi connectivity index (χ0n) is 11.9. The maximum absolute atomic E-state index is 6.17. The molecule has 0 saturated carbocycles. The fraction of sp³-hybridized carbons (Fsp3) is 0.375. The summed E-state index contributed by atoms with van der Waals surface area (Å²) in [5.74, 6) is 1.96. The van der Waals surface area contributed by atoms with E-state index in [0.717, 1.165) is 22.1 Å². The fourth-order valence-electron chi connectivity index (χ4n) is 2.42. The Kier molecular flexibility index (Phi) is 4.12. The summed E-state index contributed by atoms with van der Waals surface area (Å²) in [7, 11) is 0. The summed E-state index contributed by atoms with van der Waals surface area (Å²) in [4.78, 5) is 0.140. The first-order chi connectivity index (χ1) is 8.82. The highest BCUT2D eigenvalue weighted by atomic mass is 79.9. The van der Waals surface area contributed by atoms with Crippen LogP contribution in [0.15, 0.2) is 16.5 Å². The first kappa shape index (κ1) is 14.7. The van der Waals surface area contributed by atoms with Gasteiger partial charge in [0.25, 0.3) is 0 Å². The van der Waals surface area contributed by atoms with Crippen LogP contribution in [0, 0.1) is 34.6 Å². The molecule has 19 heavy (non-hydrogen) atoms. The predicted octanol–water partition coefficient (Wildman–Crippen LogP) is 5.96. The van der Waals surface area contributed by atoms with Crippen molar-refractivity contribution >= 4 is 27.5 Å². The normalized spacial score (nSPS) is 12.8. The maximum atomic E-state index is 6.17. The molecule has 0 fully saturated rings. The van der Waals surface area contributed by atoms with Crippen molar-refractivity contribution < 1.29 is 4.42 Å². The summed E-state index contributed by atoms with van der Waals surface area (Å²) < 4.78 is 5.73. The Balaban J connectivity index is 2.56. The monoisotopic (exact) mass is 340 g/mol. The molecule has 0 radical (unpaired) electrons. The summed E-state index contributed by atoms with van der Waals surface area (Å²) in [6.07, 6.45) is 0. The average Bonchev–Trinajstić information content (AvgIpc) is 2.57. The average molecular weight is 342 g/mol. The second-order valence-electron chi connectivity index (χ2n) is 5.07. The summed E-state index contributed by atoms with van der Waals surface area (Å²) in [5, 5.41) is 0.817. The van der Waals surface area contributed by atoms with E-state index in [1.165, 1.54) is 22.3 Å². The summed E-state index contributed by atoms with van der Waals surface area (Å²) in [5.41, 5.74) is 5.97. The number of benzene rings is 1. The van der Waals surface area contributed by atoms with Crippen molar-refractivity contribution in [2.45, 2.75) is 39.4 Å². The van der Waals surface area contributed by atoms with Crippen LogP contribution < -0.4 is 0 Å². The van der Waals surface area contributed by atoms with Gasteiger partial charge < -0.3 is 4.42 Å². The molecule has 2 rings (SSSR count). The van der Waals surface area contributed by atoms with E-state index in [4.69, 9.17) is 16.0 Å². The first-order valence-corrected chi connectivity index (χ1v) is 7.59. The lowest BCUT2D eigenvalue weighted by molar-refractivity contribution is 0.500. The van der Waals surface area contributed by atoms with E-state index in [9.17, 15) is 0 Å². The van der Waals surface area contributed by atoms with Gasteiger partial charge >= 0.3 is 0 Å². The lowest BCUT2D eigenvalue weighted by atomic mass is 9.96. The lowest BCUT2D eigenvalue weighted by Crippen LogP contribution is -1.99. The van der Waals surface area contributed by atoms with Gasteiger partial charge in [0.15, 0.2) is 0 Å². The van der Waals surface area contributed by atoms with Gasteiger partial charge in [0, 0.05) is 10.6 Å².